The Bertz CT molecular complexity index is 1010. The summed E-state index contributed by atoms with van der Waals surface area (Å²) in [4.78, 5) is 16.2. The van der Waals surface area contributed by atoms with Gasteiger partial charge in [-0.2, -0.15) is 4.98 Å². The van der Waals surface area contributed by atoms with E-state index in [-0.39, 0.29) is 41.1 Å². The fourth-order valence-corrected chi connectivity index (χ4v) is 3.71. The standard InChI is InChI=1S/C19H21N3O5S/c1-14-4-6-16(7-5-14)28(24,25)13-17-21-19(27-22-17)9-8-18(23)20-11-10-15-3-2-12-26-15/h2-7,12H,8-11,13H2,1H3,(H,20,23). The van der Waals surface area contributed by atoms with Crippen molar-refractivity contribution in [3.05, 3.63) is 65.7 Å². The van der Waals surface area contributed by atoms with E-state index in [4.69, 9.17) is 8.94 Å². The lowest BCUT2D eigenvalue weighted by atomic mass is 10.2. The monoisotopic (exact) mass is 403 g/mol. The van der Waals surface area contributed by atoms with E-state index >= 15 is 0 Å². The third kappa shape index (κ3) is 5.53. The zero-order valence-electron chi connectivity index (χ0n) is 15.4. The first-order valence-corrected chi connectivity index (χ1v) is 10.5. The van der Waals surface area contributed by atoms with Crippen molar-refractivity contribution in [2.45, 2.75) is 36.8 Å². The van der Waals surface area contributed by atoms with Crippen LogP contribution in [0.1, 0.15) is 29.5 Å². The van der Waals surface area contributed by atoms with Crippen LogP contribution < -0.4 is 5.32 Å². The molecule has 148 valence electrons. The van der Waals surface area contributed by atoms with E-state index < -0.39 is 9.84 Å². The maximum absolute atomic E-state index is 12.4. The average Bonchev–Trinajstić information content (AvgIpc) is 3.32. The molecule has 1 aromatic carbocycles. The molecule has 1 amide bonds. The first-order valence-electron chi connectivity index (χ1n) is 8.82. The Labute approximate surface area is 162 Å². The predicted octanol–water partition coefficient (Wildman–Crippen LogP) is 2.24. The molecule has 0 fully saturated rings. The van der Waals surface area contributed by atoms with Crippen molar-refractivity contribution in [1.82, 2.24) is 15.5 Å². The van der Waals surface area contributed by atoms with E-state index in [0.717, 1.165) is 11.3 Å². The van der Waals surface area contributed by atoms with Gasteiger partial charge >= 0.3 is 0 Å². The summed E-state index contributed by atoms with van der Waals surface area (Å²) < 4.78 is 35.1. The SMILES string of the molecule is Cc1ccc(S(=O)(=O)Cc2noc(CCC(=O)NCCc3ccco3)n2)cc1. The lowest BCUT2D eigenvalue weighted by molar-refractivity contribution is -0.121. The van der Waals surface area contributed by atoms with E-state index in [1.807, 2.05) is 13.0 Å². The number of carbonyl (C=O) groups is 1. The first kappa shape index (κ1) is 19.8. The van der Waals surface area contributed by atoms with Gasteiger partial charge < -0.3 is 14.3 Å². The summed E-state index contributed by atoms with van der Waals surface area (Å²) in [6, 6.07) is 10.2. The van der Waals surface area contributed by atoms with Crippen LogP contribution in [0, 0.1) is 6.92 Å². The molecule has 0 saturated carbocycles. The lowest BCUT2D eigenvalue weighted by Gasteiger charge is -2.02. The lowest BCUT2D eigenvalue weighted by Crippen LogP contribution is -2.25. The number of carbonyl (C=O) groups excluding carboxylic acids is 1. The Hall–Kier alpha value is -2.94. The summed E-state index contributed by atoms with van der Waals surface area (Å²) in [6.45, 7) is 2.35. The van der Waals surface area contributed by atoms with Crippen molar-refractivity contribution in [2.24, 2.45) is 0 Å². The van der Waals surface area contributed by atoms with Gasteiger partial charge in [0.1, 0.15) is 11.5 Å². The number of aromatic nitrogens is 2. The van der Waals surface area contributed by atoms with Crippen molar-refractivity contribution in [1.29, 1.82) is 0 Å². The molecule has 9 heteroatoms. The maximum Gasteiger partial charge on any atom is 0.227 e. The van der Waals surface area contributed by atoms with Crippen LogP contribution in [0.15, 0.2) is 56.5 Å². The van der Waals surface area contributed by atoms with E-state index in [2.05, 4.69) is 15.5 Å². The third-order valence-corrected chi connectivity index (χ3v) is 5.68. The molecule has 8 nitrogen and oxygen atoms in total. The van der Waals surface area contributed by atoms with Gasteiger partial charge in [0.2, 0.25) is 11.8 Å². The molecule has 2 aromatic heterocycles. The number of benzene rings is 1. The van der Waals surface area contributed by atoms with Gasteiger partial charge in [-0.3, -0.25) is 4.79 Å². The number of nitrogens with zero attached hydrogens (tertiary/aromatic N) is 2. The maximum atomic E-state index is 12.4. The number of nitrogens with one attached hydrogen (secondary N) is 1. The second kappa shape index (κ2) is 8.83. The number of aryl methyl sites for hydroxylation is 2. The Morgan fingerprint density at radius 1 is 1.14 bits per heavy atom. The molecule has 0 saturated heterocycles. The molecule has 3 aromatic rings. The number of sulfone groups is 1. The summed E-state index contributed by atoms with van der Waals surface area (Å²) in [5.74, 6) is 0.605. The minimum Gasteiger partial charge on any atom is -0.469 e. The number of rotatable bonds is 9. The molecule has 0 atom stereocenters. The zero-order chi connectivity index (χ0) is 20.0. The van der Waals surface area contributed by atoms with Crippen molar-refractivity contribution in [3.63, 3.8) is 0 Å². The second-order valence-corrected chi connectivity index (χ2v) is 8.35. The minimum absolute atomic E-state index is 0.0776. The summed E-state index contributed by atoms with van der Waals surface area (Å²) in [7, 11) is -3.55. The van der Waals surface area contributed by atoms with E-state index in [9.17, 15) is 13.2 Å². The van der Waals surface area contributed by atoms with Gasteiger partial charge in [0, 0.05) is 25.8 Å². The summed E-state index contributed by atoms with van der Waals surface area (Å²) in [5, 5.41) is 6.49. The van der Waals surface area contributed by atoms with Crippen LogP contribution in [0.4, 0.5) is 0 Å². The van der Waals surface area contributed by atoms with Crippen LogP contribution in [0.5, 0.6) is 0 Å². The molecule has 0 aliphatic rings. The third-order valence-electron chi connectivity index (χ3n) is 4.05. The highest BCUT2D eigenvalue weighted by molar-refractivity contribution is 7.90. The first-order chi connectivity index (χ1) is 13.4. The summed E-state index contributed by atoms with van der Waals surface area (Å²) in [5.41, 5.74) is 0.975. The number of amides is 1. The predicted molar refractivity (Wildman–Crippen MR) is 100 cm³/mol. The van der Waals surface area contributed by atoms with E-state index in [0.29, 0.717) is 13.0 Å². The highest BCUT2D eigenvalue weighted by Crippen LogP contribution is 2.16. The molecule has 0 bridgehead atoms. The van der Waals surface area contributed by atoms with Gasteiger partial charge in [0.15, 0.2) is 15.7 Å². The number of hydrogen-bond acceptors (Lipinski definition) is 7. The van der Waals surface area contributed by atoms with Crippen molar-refractivity contribution >= 4 is 15.7 Å². The highest BCUT2D eigenvalue weighted by Gasteiger charge is 2.19. The molecule has 0 aliphatic carbocycles. The number of hydrogen-bond donors (Lipinski definition) is 1. The molecular weight excluding hydrogens is 382 g/mol. The van der Waals surface area contributed by atoms with Crippen LogP contribution in [0.3, 0.4) is 0 Å². The topological polar surface area (TPSA) is 115 Å². The molecule has 3 rings (SSSR count). The smallest absolute Gasteiger partial charge is 0.227 e. The van der Waals surface area contributed by atoms with E-state index in [1.54, 1.807) is 36.6 Å². The molecule has 2 heterocycles. The Morgan fingerprint density at radius 2 is 1.93 bits per heavy atom. The Kier molecular flexibility index (Phi) is 6.25. The minimum atomic E-state index is -3.55. The molecule has 1 N–H and O–H groups in total. The molecular formula is C19H21N3O5S. The van der Waals surface area contributed by atoms with E-state index in [1.165, 1.54) is 0 Å². The molecule has 0 radical (unpaired) electrons. The molecule has 0 aliphatic heterocycles. The van der Waals surface area contributed by atoms with Crippen LogP contribution in [0.25, 0.3) is 0 Å². The fraction of sp³-hybridized carbons (Fsp3) is 0.316. The second-order valence-electron chi connectivity index (χ2n) is 6.36. The van der Waals surface area contributed by atoms with Gasteiger partial charge in [-0.05, 0) is 31.2 Å². The quantitative estimate of drug-likeness (QED) is 0.582. The fourth-order valence-electron chi connectivity index (χ4n) is 2.54. The van der Waals surface area contributed by atoms with Crippen LogP contribution in [0.2, 0.25) is 0 Å². The Morgan fingerprint density at radius 3 is 2.64 bits per heavy atom. The van der Waals surface area contributed by atoms with Gasteiger partial charge in [0.05, 0.1) is 11.2 Å². The largest absolute Gasteiger partial charge is 0.469 e. The number of furan rings is 1. The highest BCUT2D eigenvalue weighted by atomic mass is 32.2. The summed E-state index contributed by atoms with van der Waals surface area (Å²) >= 11 is 0. The van der Waals surface area contributed by atoms with Crippen molar-refractivity contribution in [3.8, 4) is 0 Å². The van der Waals surface area contributed by atoms with Crippen molar-refractivity contribution in [2.75, 3.05) is 6.54 Å². The molecule has 28 heavy (non-hydrogen) atoms. The molecule has 0 spiro atoms. The normalized spacial score (nSPS) is 11.5. The van der Waals surface area contributed by atoms with Gasteiger partial charge in [-0.1, -0.05) is 22.9 Å². The van der Waals surface area contributed by atoms with Gasteiger partial charge in [0.25, 0.3) is 0 Å². The van der Waals surface area contributed by atoms with Crippen LogP contribution >= 0.6 is 0 Å². The zero-order valence-corrected chi connectivity index (χ0v) is 16.2. The van der Waals surface area contributed by atoms with Gasteiger partial charge in [-0.15, -0.1) is 0 Å². The average molecular weight is 403 g/mol. The molecule has 0 unspecified atom stereocenters. The van der Waals surface area contributed by atoms with Crippen molar-refractivity contribution < 1.29 is 22.2 Å². The van der Waals surface area contributed by atoms with Gasteiger partial charge in [-0.25, -0.2) is 8.42 Å². The summed E-state index contributed by atoms with van der Waals surface area (Å²) in [6.07, 6.45) is 2.61. The van der Waals surface area contributed by atoms with Crippen LogP contribution in [-0.4, -0.2) is 31.0 Å². The Balaban J connectivity index is 1.47. The van der Waals surface area contributed by atoms with Crippen LogP contribution in [-0.2, 0) is 33.2 Å².